The molecule has 2 saturated heterocycles. The van der Waals surface area contributed by atoms with Crippen LogP contribution in [-0.4, -0.2) is 30.7 Å². The van der Waals surface area contributed by atoms with Crippen LogP contribution in [0.25, 0.3) is 0 Å². The quantitative estimate of drug-likeness (QED) is 0.267. The van der Waals surface area contributed by atoms with Crippen molar-refractivity contribution in [1.29, 1.82) is 0 Å². The molecule has 0 amide bonds. The molecule has 2 heterocycles. The Morgan fingerprint density at radius 1 is 0.294 bits per heavy atom. The molecule has 2 aliphatic heterocycles. The van der Waals surface area contributed by atoms with Gasteiger partial charge in [-0.15, -0.1) is 0 Å². The number of fused-ring (bicyclic) bond motifs is 5. The molecule has 15 unspecified atom stereocenters. The lowest BCUT2D eigenvalue weighted by Crippen LogP contribution is -2.73. The standard InChI is InChI=1S/C47H79N3O/c1-4-12-30(13-5-1)35-20-21-37-27-38(23-22-36(37)26-35)46-48-45(32-16-8-3-9-17-32)49-47(50-46)40-25-24-39(31-14-6-2-7-15-31)44-43(40)41-28-33-18-10-11-19-34(33)29-42(41)51-44/h30-50H,1-29H2. The molecule has 10 fully saturated rings. The second kappa shape index (κ2) is 15.8. The molecule has 0 aromatic heterocycles. The lowest BCUT2D eigenvalue weighted by Gasteiger charge is -2.54. The predicted molar refractivity (Wildman–Crippen MR) is 209 cm³/mol. The van der Waals surface area contributed by atoms with Gasteiger partial charge in [-0.1, -0.05) is 109 Å². The predicted octanol–water partition coefficient (Wildman–Crippen LogP) is 10.9. The summed E-state index contributed by atoms with van der Waals surface area (Å²) in [7, 11) is 0. The lowest BCUT2D eigenvalue weighted by molar-refractivity contribution is -0.0749. The Labute approximate surface area is 313 Å². The zero-order valence-corrected chi connectivity index (χ0v) is 32.8. The van der Waals surface area contributed by atoms with Crippen molar-refractivity contribution in [2.45, 2.75) is 217 Å². The normalized spacial score (nSPS) is 50.5. The summed E-state index contributed by atoms with van der Waals surface area (Å²) in [6.07, 6.45) is 45.8. The summed E-state index contributed by atoms with van der Waals surface area (Å²) in [4.78, 5) is 0. The number of ether oxygens (including phenoxy) is 1. The van der Waals surface area contributed by atoms with Crippen LogP contribution in [0, 0.1) is 76.9 Å². The number of hydrogen-bond donors (Lipinski definition) is 3. The summed E-state index contributed by atoms with van der Waals surface area (Å²) in [6, 6.07) is 0. The highest BCUT2D eigenvalue weighted by molar-refractivity contribution is 5.08. The van der Waals surface area contributed by atoms with Gasteiger partial charge in [0.1, 0.15) is 0 Å². The van der Waals surface area contributed by atoms with Crippen molar-refractivity contribution in [1.82, 2.24) is 16.0 Å². The first-order chi connectivity index (χ1) is 25.2. The van der Waals surface area contributed by atoms with Crippen molar-refractivity contribution in [3.63, 3.8) is 0 Å². The molecule has 15 atom stereocenters. The molecule has 0 aromatic rings. The maximum Gasteiger partial charge on any atom is 0.0645 e. The van der Waals surface area contributed by atoms with Crippen LogP contribution in [0.15, 0.2) is 0 Å². The molecule has 8 aliphatic carbocycles. The summed E-state index contributed by atoms with van der Waals surface area (Å²) < 4.78 is 7.53. The van der Waals surface area contributed by atoms with E-state index in [1.165, 1.54) is 154 Å². The first-order valence-electron chi connectivity index (χ1n) is 24.2. The van der Waals surface area contributed by atoms with Crippen LogP contribution < -0.4 is 16.0 Å². The van der Waals surface area contributed by atoms with Crippen LogP contribution in [-0.2, 0) is 4.74 Å². The first kappa shape index (κ1) is 35.3. The van der Waals surface area contributed by atoms with Gasteiger partial charge in [0.2, 0.25) is 0 Å². The molecule has 51 heavy (non-hydrogen) atoms. The molecule has 0 spiro atoms. The Hall–Kier alpha value is -0.160. The first-order valence-corrected chi connectivity index (χ1v) is 24.2. The minimum absolute atomic E-state index is 0.467. The van der Waals surface area contributed by atoms with E-state index in [0.717, 1.165) is 76.9 Å². The third kappa shape index (κ3) is 7.20. The Morgan fingerprint density at radius 3 is 1.43 bits per heavy atom. The Bertz CT molecular complexity index is 1130. The van der Waals surface area contributed by atoms with Crippen LogP contribution in [0.3, 0.4) is 0 Å². The van der Waals surface area contributed by atoms with Crippen molar-refractivity contribution in [2.75, 3.05) is 0 Å². The fourth-order valence-electron chi connectivity index (χ4n) is 16.4. The minimum atomic E-state index is 0.467. The van der Waals surface area contributed by atoms with Crippen molar-refractivity contribution in [2.24, 2.45) is 76.9 Å². The molecular formula is C47H79N3O. The van der Waals surface area contributed by atoms with Gasteiger partial charge in [-0.3, -0.25) is 16.0 Å². The highest BCUT2D eigenvalue weighted by Crippen LogP contribution is 2.58. The van der Waals surface area contributed by atoms with E-state index in [0.29, 0.717) is 30.7 Å². The number of hydrogen-bond acceptors (Lipinski definition) is 4. The molecule has 0 aromatic carbocycles. The zero-order chi connectivity index (χ0) is 33.7. The Morgan fingerprint density at radius 2 is 0.745 bits per heavy atom. The summed E-state index contributed by atoms with van der Waals surface area (Å²) in [5.41, 5.74) is 0. The highest BCUT2D eigenvalue weighted by atomic mass is 16.5. The van der Waals surface area contributed by atoms with Crippen molar-refractivity contribution < 1.29 is 4.74 Å². The SMILES string of the molecule is C1CCC(C2CCC3CC(C4NC(C5CCCCC5)NC(C5CCC(C6CCCCC6)C6OC7CC8CCCCC8CC7C56)N4)CCC3C2)CC1. The molecular weight excluding hydrogens is 623 g/mol. The minimum Gasteiger partial charge on any atom is -0.374 e. The van der Waals surface area contributed by atoms with Crippen LogP contribution in [0.4, 0.5) is 0 Å². The van der Waals surface area contributed by atoms with E-state index in [4.69, 9.17) is 4.74 Å². The third-order valence-electron chi connectivity index (χ3n) is 19.0. The molecule has 3 N–H and O–H groups in total. The molecule has 4 nitrogen and oxygen atoms in total. The maximum atomic E-state index is 7.53. The van der Waals surface area contributed by atoms with Crippen molar-refractivity contribution >= 4 is 0 Å². The van der Waals surface area contributed by atoms with E-state index < -0.39 is 0 Å². The fourth-order valence-corrected chi connectivity index (χ4v) is 16.4. The molecule has 10 rings (SSSR count). The number of rotatable bonds is 5. The van der Waals surface area contributed by atoms with Gasteiger partial charge in [0, 0.05) is 0 Å². The van der Waals surface area contributed by atoms with Gasteiger partial charge in [-0.05, 0) is 154 Å². The van der Waals surface area contributed by atoms with Crippen molar-refractivity contribution in [3.05, 3.63) is 0 Å². The summed E-state index contributed by atoms with van der Waals surface area (Å²) in [5.74, 6) is 11.9. The average Bonchev–Trinajstić information content (AvgIpc) is 3.58. The number of nitrogens with one attached hydrogen (secondary N) is 3. The van der Waals surface area contributed by atoms with E-state index in [1.807, 2.05) is 0 Å². The van der Waals surface area contributed by atoms with E-state index in [9.17, 15) is 0 Å². The van der Waals surface area contributed by atoms with E-state index >= 15 is 0 Å². The summed E-state index contributed by atoms with van der Waals surface area (Å²) in [5, 5.41) is 13.3. The van der Waals surface area contributed by atoms with Crippen molar-refractivity contribution in [3.8, 4) is 0 Å². The molecule has 288 valence electrons. The fraction of sp³-hybridized carbons (Fsp3) is 1.00. The summed E-state index contributed by atoms with van der Waals surface area (Å²) in [6.45, 7) is 0. The van der Waals surface area contributed by atoms with E-state index in [1.54, 1.807) is 32.1 Å². The van der Waals surface area contributed by atoms with E-state index in [2.05, 4.69) is 16.0 Å². The third-order valence-corrected chi connectivity index (χ3v) is 19.0. The second-order valence-corrected chi connectivity index (χ2v) is 21.4. The van der Waals surface area contributed by atoms with Gasteiger partial charge in [-0.25, -0.2) is 0 Å². The molecule has 0 radical (unpaired) electrons. The molecule has 0 bridgehead atoms. The molecule has 4 heteroatoms. The zero-order valence-electron chi connectivity index (χ0n) is 32.8. The average molecular weight is 702 g/mol. The second-order valence-electron chi connectivity index (χ2n) is 21.4. The van der Waals surface area contributed by atoms with Gasteiger partial charge in [-0.2, -0.15) is 0 Å². The van der Waals surface area contributed by atoms with Crippen LogP contribution in [0.1, 0.15) is 186 Å². The Kier molecular flexibility index (Phi) is 10.9. The molecule has 10 aliphatic rings. The smallest absolute Gasteiger partial charge is 0.0645 e. The highest BCUT2D eigenvalue weighted by Gasteiger charge is 2.58. The summed E-state index contributed by atoms with van der Waals surface area (Å²) >= 11 is 0. The largest absolute Gasteiger partial charge is 0.374 e. The molecule has 8 saturated carbocycles. The lowest BCUT2D eigenvalue weighted by atomic mass is 9.57. The van der Waals surface area contributed by atoms with Crippen LogP contribution >= 0.6 is 0 Å². The van der Waals surface area contributed by atoms with E-state index in [-0.39, 0.29) is 0 Å². The maximum absolute atomic E-state index is 7.53. The van der Waals surface area contributed by atoms with Crippen LogP contribution in [0.2, 0.25) is 0 Å². The monoisotopic (exact) mass is 702 g/mol. The van der Waals surface area contributed by atoms with Gasteiger partial charge < -0.3 is 4.74 Å². The van der Waals surface area contributed by atoms with Gasteiger partial charge in [0.25, 0.3) is 0 Å². The topological polar surface area (TPSA) is 45.3 Å². The van der Waals surface area contributed by atoms with Gasteiger partial charge in [0.15, 0.2) is 0 Å². The van der Waals surface area contributed by atoms with Crippen LogP contribution in [0.5, 0.6) is 0 Å². The Balaban J connectivity index is 0.883. The van der Waals surface area contributed by atoms with Gasteiger partial charge >= 0.3 is 0 Å². The van der Waals surface area contributed by atoms with Gasteiger partial charge in [0.05, 0.1) is 30.7 Å².